The third kappa shape index (κ3) is 3.64. The van der Waals surface area contributed by atoms with Crippen molar-refractivity contribution < 1.29 is 18.9 Å². The summed E-state index contributed by atoms with van der Waals surface area (Å²) in [6.07, 6.45) is 0.0441. The smallest absolute Gasteiger partial charge is 0.306 e. The van der Waals surface area contributed by atoms with Crippen LogP contribution < -0.4 is 10.2 Å². The first kappa shape index (κ1) is 18.5. The molecule has 1 N–H and O–H groups in total. The largest absolute Gasteiger partial charge is 0.326 e. The molecule has 1 saturated heterocycles. The standard InChI is InChI=1S/C19H18FN3O4/c1-11-4-3-5-16(12(11)2)22-10-13(8-18(22)24)19(25)21-14-6-7-15(20)17(9-14)23(26)27/h3-7,9,13H,8,10H2,1-2H3,(H,21,25)/t13-/m0/s1. The number of nitrogens with one attached hydrogen (secondary N) is 1. The second kappa shape index (κ2) is 7.14. The number of halogens is 1. The van der Waals surface area contributed by atoms with Crippen LogP contribution in [-0.2, 0) is 9.59 Å². The van der Waals surface area contributed by atoms with Crippen LogP contribution in [0.5, 0.6) is 0 Å². The molecule has 2 amide bonds. The Morgan fingerprint density at radius 1 is 1.30 bits per heavy atom. The SMILES string of the molecule is Cc1cccc(N2C[C@@H](C(=O)Nc3ccc(F)c([N+](=O)[O-])c3)CC2=O)c1C. The van der Waals surface area contributed by atoms with Crippen LogP contribution in [0.1, 0.15) is 17.5 Å². The zero-order chi connectivity index (χ0) is 19.7. The number of hydrogen-bond acceptors (Lipinski definition) is 4. The van der Waals surface area contributed by atoms with Crippen LogP contribution in [0.3, 0.4) is 0 Å². The third-order valence-corrected chi connectivity index (χ3v) is 4.77. The first-order valence-corrected chi connectivity index (χ1v) is 8.39. The van der Waals surface area contributed by atoms with Crippen LogP contribution in [0.4, 0.5) is 21.5 Å². The summed E-state index contributed by atoms with van der Waals surface area (Å²) in [4.78, 5) is 36.5. The zero-order valence-corrected chi connectivity index (χ0v) is 14.9. The molecule has 3 rings (SSSR count). The summed E-state index contributed by atoms with van der Waals surface area (Å²) >= 11 is 0. The van der Waals surface area contributed by atoms with E-state index in [0.29, 0.717) is 0 Å². The molecular weight excluding hydrogens is 353 g/mol. The lowest BCUT2D eigenvalue weighted by Crippen LogP contribution is -2.28. The van der Waals surface area contributed by atoms with E-state index >= 15 is 0 Å². The van der Waals surface area contributed by atoms with Crippen molar-refractivity contribution in [2.24, 2.45) is 5.92 Å². The average Bonchev–Trinajstić information content (AvgIpc) is 3.00. The number of benzene rings is 2. The zero-order valence-electron chi connectivity index (χ0n) is 14.9. The second-order valence-electron chi connectivity index (χ2n) is 6.54. The predicted molar refractivity (Wildman–Crippen MR) is 98.1 cm³/mol. The minimum Gasteiger partial charge on any atom is -0.326 e. The molecule has 27 heavy (non-hydrogen) atoms. The van der Waals surface area contributed by atoms with E-state index in [1.807, 2.05) is 32.0 Å². The van der Waals surface area contributed by atoms with E-state index in [-0.39, 0.29) is 24.6 Å². The maximum absolute atomic E-state index is 13.4. The highest BCUT2D eigenvalue weighted by Crippen LogP contribution is 2.30. The van der Waals surface area contributed by atoms with Gasteiger partial charge in [0.25, 0.3) is 0 Å². The fourth-order valence-electron chi connectivity index (χ4n) is 3.12. The topological polar surface area (TPSA) is 92.6 Å². The molecule has 2 aromatic carbocycles. The molecule has 0 aliphatic carbocycles. The highest BCUT2D eigenvalue weighted by Gasteiger charge is 2.36. The highest BCUT2D eigenvalue weighted by molar-refractivity contribution is 6.04. The predicted octanol–water partition coefficient (Wildman–Crippen LogP) is 3.34. The van der Waals surface area contributed by atoms with Gasteiger partial charge in [-0.3, -0.25) is 19.7 Å². The molecule has 8 heteroatoms. The van der Waals surface area contributed by atoms with Gasteiger partial charge in [0.15, 0.2) is 0 Å². The lowest BCUT2D eigenvalue weighted by atomic mass is 10.1. The Labute approximate surface area is 154 Å². The van der Waals surface area contributed by atoms with E-state index < -0.39 is 28.3 Å². The first-order chi connectivity index (χ1) is 12.8. The van der Waals surface area contributed by atoms with E-state index in [0.717, 1.165) is 28.9 Å². The van der Waals surface area contributed by atoms with E-state index in [1.165, 1.54) is 6.07 Å². The van der Waals surface area contributed by atoms with Gasteiger partial charge < -0.3 is 10.2 Å². The Kier molecular flexibility index (Phi) is 4.89. The van der Waals surface area contributed by atoms with Crippen molar-refractivity contribution in [1.82, 2.24) is 0 Å². The molecule has 1 aliphatic rings. The average molecular weight is 371 g/mol. The molecule has 140 valence electrons. The van der Waals surface area contributed by atoms with Crippen molar-refractivity contribution in [3.05, 3.63) is 63.5 Å². The number of nitro groups is 1. The molecule has 2 aromatic rings. The van der Waals surface area contributed by atoms with Crippen molar-refractivity contribution in [3.8, 4) is 0 Å². The van der Waals surface area contributed by atoms with Gasteiger partial charge in [-0.05, 0) is 43.2 Å². The van der Waals surface area contributed by atoms with Crippen LogP contribution in [0.15, 0.2) is 36.4 Å². The molecule has 1 fully saturated rings. The number of nitrogens with zero attached hydrogens (tertiary/aromatic N) is 2. The Bertz CT molecular complexity index is 945. The number of hydrogen-bond donors (Lipinski definition) is 1. The third-order valence-electron chi connectivity index (χ3n) is 4.77. The maximum atomic E-state index is 13.4. The second-order valence-corrected chi connectivity index (χ2v) is 6.54. The van der Waals surface area contributed by atoms with Crippen LogP contribution in [0, 0.1) is 35.7 Å². The summed E-state index contributed by atoms with van der Waals surface area (Å²) in [5.41, 5.74) is 2.19. The molecule has 0 bridgehead atoms. The van der Waals surface area contributed by atoms with Gasteiger partial charge in [0, 0.05) is 30.4 Å². The Morgan fingerprint density at radius 3 is 2.74 bits per heavy atom. The van der Waals surface area contributed by atoms with Gasteiger partial charge in [0.2, 0.25) is 17.6 Å². The van der Waals surface area contributed by atoms with E-state index in [1.54, 1.807) is 4.90 Å². The van der Waals surface area contributed by atoms with Crippen molar-refractivity contribution in [3.63, 3.8) is 0 Å². The van der Waals surface area contributed by atoms with Gasteiger partial charge >= 0.3 is 5.69 Å². The molecule has 1 heterocycles. The lowest BCUT2D eigenvalue weighted by Gasteiger charge is -2.20. The summed E-state index contributed by atoms with van der Waals surface area (Å²) in [5.74, 6) is -2.16. The van der Waals surface area contributed by atoms with Crippen molar-refractivity contribution in [1.29, 1.82) is 0 Å². The van der Waals surface area contributed by atoms with Crippen LogP contribution in [-0.4, -0.2) is 23.3 Å². The quantitative estimate of drug-likeness (QED) is 0.659. The summed E-state index contributed by atoms with van der Waals surface area (Å²) in [6.45, 7) is 4.09. The van der Waals surface area contributed by atoms with Crippen molar-refractivity contribution in [2.75, 3.05) is 16.8 Å². The molecule has 0 spiro atoms. The van der Waals surface area contributed by atoms with Crippen LogP contribution in [0.2, 0.25) is 0 Å². The first-order valence-electron chi connectivity index (χ1n) is 8.39. The molecule has 7 nitrogen and oxygen atoms in total. The minimum atomic E-state index is -0.977. The van der Waals surface area contributed by atoms with Crippen molar-refractivity contribution in [2.45, 2.75) is 20.3 Å². The molecule has 0 saturated carbocycles. The van der Waals surface area contributed by atoms with Gasteiger partial charge in [-0.15, -0.1) is 0 Å². The number of carbonyl (C=O) groups is 2. The van der Waals surface area contributed by atoms with Crippen LogP contribution in [0.25, 0.3) is 0 Å². The minimum absolute atomic E-state index is 0.0441. The Hall–Kier alpha value is -3.29. The summed E-state index contributed by atoms with van der Waals surface area (Å²) in [7, 11) is 0. The number of nitro benzene ring substituents is 1. The number of amides is 2. The lowest BCUT2D eigenvalue weighted by molar-refractivity contribution is -0.387. The van der Waals surface area contributed by atoms with Gasteiger partial charge in [-0.25, -0.2) is 0 Å². The van der Waals surface area contributed by atoms with Crippen molar-refractivity contribution >= 4 is 28.9 Å². The highest BCUT2D eigenvalue weighted by atomic mass is 19.1. The van der Waals surface area contributed by atoms with Gasteiger partial charge in [0.1, 0.15) is 0 Å². The summed E-state index contributed by atoms with van der Waals surface area (Å²) in [6, 6.07) is 8.78. The molecule has 1 aliphatic heterocycles. The number of aryl methyl sites for hydroxylation is 1. The van der Waals surface area contributed by atoms with Gasteiger partial charge in [-0.2, -0.15) is 4.39 Å². The molecule has 0 unspecified atom stereocenters. The summed E-state index contributed by atoms with van der Waals surface area (Å²) in [5, 5.41) is 13.4. The monoisotopic (exact) mass is 371 g/mol. The fourth-order valence-corrected chi connectivity index (χ4v) is 3.12. The molecule has 0 aromatic heterocycles. The van der Waals surface area contributed by atoms with Gasteiger partial charge in [-0.1, -0.05) is 12.1 Å². The normalized spacial score (nSPS) is 16.5. The van der Waals surface area contributed by atoms with E-state index in [2.05, 4.69) is 5.32 Å². The number of anilines is 2. The Balaban J connectivity index is 1.76. The Morgan fingerprint density at radius 2 is 2.04 bits per heavy atom. The molecular formula is C19H18FN3O4. The van der Waals surface area contributed by atoms with Gasteiger partial charge in [0.05, 0.1) is 10.8 Å². The van der Waals surface area contributed by atoms with Crippen LogP contribution >= 0.6 is 0 Å². The maximum Gasteiger partial charge on any atom is 0.306 e. The number of carbonyl (C=O) groups excluding carboxylic acids is 2. The fraction of sp³-hybridized carbons (Fsp3) is 0.263. The van der Waals surface area contributed by atoms with E-state index in [9.17, 15) is 24.1 Å². The van der Waals surface area contributed by atoms with E-state index in [4.69, 9.17) is 0 Å². The molecule has 0 radical (unpaired) electrons. The molecule has 1 atom stereocenters. The number of rotatable bonds is 4. The summed E-state index contributed by atoms with van der Waals surface area (Å²) < 4.78 is 13.4.